The largest absolute Gasteiger partial charge is 0.0881 e. The Morgan fingerprint density at radius 1 is 1.06 bits per heavy atom. The Bertz CT molecular complexity index is 243. The molecule has 1 aliphatic carbocycles. The van der Waals surface area contributed by atoms with Gasteiger partial charge in [0.2, 0.25) is 0 Å². The maximum Gasteiger partial charge on any atom is 0.0776 e. The van der Waals surface area contributed by atoms with Crippen molar-refractivity contribution in [1.29, 1.82) is 0 Å². The molecule has 0 saturated carbocycles. The van der Waals surface area contributed by atoms with E-state index in [1.54, 1.807) is 11.1 Å². The van der Waals surface area contributed by atoms with Crippen LogP contribution >= 0.6 is 0 Å². The van der Waals surface area contributed by atoms with E-state index in [9.17, 15) is 0 Å². The van der Waals surface area contributed by atoms with Gasteiger partial charge in [-0.25, -0.2) is 0 Å². The molecular weight excluding hydrogens is 236 g/mol. The molecule has 0 saturated heterocycles. The zero-order valence-electron chi connectivity index (χ0n) is 12.0. The van der Waals surface area contributed by atoms with E-state index in [0.717, 1.165) is 0 Å². The van der Waals surface area contributed by atoms with Crippen LogP contribution in [0, 0.1) is 5.92 Å². The van der Waals surface area contributed by atoms with Crippen molar-refractivity contribution in [2.45, 2.75) is 47.9 Å². The van der Waals surface area contributed by atoms with Crippen LogP contribution in [0.1, 0.15) is 41.5 Å². The predicted octanol–water partition coefficient (Wildman–Crippen LogP) is 2.07. The molecule has 0 fully saturated rings. The Balaban J connectivity index is 0. The van der Waals surface area contributed by atoms with Crippen LogP contribution < -0.4 is 0 Å². The Hall–Kier alpha value is 0.181. The maximum atomic E-state index is 2.28. The third-order valence-corrected chi connectivity index (χ3v) is 3.75. The van der Waals surface area contributed by atoms with Crippen molar-refractivity contribution in [2.75, 3.05) is 0 Å². The molecule has 16 heavy (non-hydrogen) atoms. The summed E-state index contributed by atoms with van der Waals surface area (Å²) in [4.78, 5) is 0. The van der Waals surface area contributed by atoms with Gasteiger partial charge in [0.15, 0.2) is 0 Å². The second-order valence-corrected chi connectivity index (χ2v) is 4.69. The van der Waals surface area contributed by atoms with Crippen molar-refractivity contribution in [3.8, 4) is 0 Å². The summed E-state index contributed by atoms with van der Waals surface area (Å²) in [6.07, 6.45) is 1.34. The van der Waals surface area contributed by atoms with E-state index in [2.05, 4.69) is 49.3 Å². The van der Waals surface area contributed by atoms with Crippen LogP contribution in [0.25, 0.3) is 0 Å². The molecule has 0 heterocycles. The molecule has 0 N–H and O–H groups in total. The van der Waals surface area contributed by atoms with E-state index >= 15 is 0 Å². The first-order chi connectivity index (χ1) is 6.97. The summed E-state index contributed by atoms with van der Waals surface area (Å²) in [6.45, 7) is 13.4. The average molecular weight is 261 g/mol. The fourth-order valence-electron chi connectivity index (χ4n) is 1.92. The first-order valence-electron chi connectivity index (χ1n) is 6.32. The minimum atomic E-state index is 0. The van der Waals surface area contributed by atoms with E-state index in [0.29, 0.717) is 5.92 Å². The molecule has 1 aliphatic rings. The van der Waals surface area contributed by atoms with Gasteiger partial charge >= 0.3 is 0 Å². The molecule has 0 aliphatic heterocycles. The zero-order valence-corrected chi connectivity index (χ0v) is 13.1. The van der Waals surface area contributed by atoms with E-state index in [4.69, 9.17) is 0 Å². The number of rotatable bonds is 2. The van der Waals surface area contributed by atoms with Crippen molar-refractivity contribution in [1.82, 2.24) is 0 Å². The fourth-order valence-corrected chi connectivity index (χ4v) is 1.92. The Morgan fingerprint density at radius 3 is 1.50 bits per heavy atom. The summed E-state index contributed by atoms with van der Waals surface area (Å²) < 4.78 is 0. The molecular formula is C12H25B3Co. The van der Waals surface area contributed by atoms with Crippen LogP contribution in [0.2, 0.25) is 6.32 Å². The van der Waals surface area contributed by atoms with Gasteiger partial charge in [-0.2, -0.15) is 0 Å². The topological polar surface area (TPSA) is 0 Å². The van der Waals surface area contributed by atoms with Gasteiger partial charge in [-0.1, -0.05) is 31.3 Å². The van der Waals surface area contributed by atoms with Crippen LogP contribution in [0.3, 0.4) is 0 Å². The summed E-state index contributed by atoms with van der Waals surface area (Å²) in [7, 11) is 4.94. The number of hydrogen-bond acceptors (Lipinski definition) is 0. The standard InChI is InChI=1S/C10H16.C2H9B3.Co/c1-6-7(2)9(4)10(5)8(6)3;1-2-4-5-3;/h6H,1-5H3;4-5H,2-3H2,1H3;. The molecule has 0 aromatic carbocycles. The van der Waals surface area contributed by atoms with E-state index in [-0.39, 0.29) is 16.8 Å². The van der Waals surface area contributed by atoms with Crippen molar-refractivity contribution in [2.24, 2.45) is 5.92 Å². The smallest absolute Gasteiger partial charge is 0.0776 e. The van der Waals surface area contributed by atoms with Crippen LogP contribution in [-0.2, 0) is 16.8 Å². The Morgan fingerprint density at radius 2 is 1.44 bits per heavy atom. The van der Waals surface area contributed by atoms with E-state index in [1.807, 2.05) is 0 Å². The Labute approximate surface area is 115 Å². The summed E-state index contributed by atoms with van der Waals surface area (Å²) in [5.41, 5.74) is 6.11. The van der Waals surface area contributed by atoms with Crippen LogP contribution in [0.15, 0.2) is 22.3 Å². The quantitative estimate of drug-likeness (QED) is 0.667. The summed E-state index contributed by atoms with van der Waals surface area (Å²) in [6, 6.07) is 0. The molecule has 0 nitrogen and oxygen atoms in total. The normalized spacial score (nSPS) is 15.4. The molecule has 1 rings (SSSR count). The number of hydrogen-bond donors (Lipinski definition) is 0. The van der Waals surface area contributed by atoms with Gasteiger partial charge in [0.05, 0.1) is 22.0 Å². The summed E-state index contributed by atoms with van der Waals surface area (Å²) in [5, 5.41) is 0. The monoisotopic (exact) mass is 261 g/mol. The molecule has 91 valence electrons. The Kier molecular flexibility index (Phi) is 10.7. The van der Waals surface area contributed by atoms with E-state index < -0.39 is 0 Å². The van der Waals surface area contributed by atoms with E-state index in [1.165, 1.54) is 31.7 Å². The SMILES string of the molecule is BBBCC.CC1=C(C)C(C)C(C)=C1C.[Co]. The minimum Gasteiger partial charge on any atom is -0.0881 e. The summed E-state index contributed by atoms with van der Waals surface area (Å²) >= 11 is 0. The van der Waals surface area contributed by atoms with Gasteiger partial charge in [-0.15, -0.1) is 0 Å². The molecule has 0 spiro atoms. The summed E-state index contributed by atoms with van der Waals surface area (Å²) in [5.74, 6) is 0.694. The predicted molar refractivity (Wildman–Crippen MR) is 79.2 cm³/mol. The molecule has 0 aromatic heterocycles. The first kappa shape index (κ1) is 18.5. The molecule has 0 atom stereocenters. The van der Waals surface area contributed by atoms with Crippen molar-refractivity contribution in [3.63, 3.8) is 0 Å². The zero-order chi connectivity index (χ0) is 12.0. The van der Waals surface area contributed by atoms with Gasteiger partial charge in [0.25, 0.3) is 0 Å². The van der Waals surface area contributed by atoms with Gasteiger partial charge in [-0.05, 0) is 44.8 Å². The van der Waals surface area contributed by atoms with Crippen molar-refractivity contribution >= 4 is 22.0 Å². The number of allylic oxidation sites excluding steroid dienone is 4. The van der Waals surface area contributed by atoms with Crippen molar-refractivity contribution < 1.29 is 16.8 Å². The molecule has 0 bridgehead atoms. The second-order valence-electron chi connectivity index (χ2n) is 4.69. The van der Waals surface area contributed by atoms with Gasteiger partial charge in [-0.3, -0.25) is 0 Å². The third kappa shape index (κ3) is 5.01. The molecule has 1 radical (unpaired) electrons. The molecule has 0 aromatic rings. The minimum absolute atomic E-state index is 0. The average Bonchev–Trinajstić information content (AvgIpc) is 2.39. The third-order valence-electron chi connectivity index (χ3n) is 3.75. The van der Waals surface area contributed by atoms with Gasteiger partial charge in [0.1, 0.15) is 0 Å². The van der Waals surface area contributed by atoms with Gasteiger partial charge in [0, 0.05) is 16.8 Å². The molecule has 4 heteroatoms. The van der Waals surface area contributed by atoms with Crippen LogP contribution in [0.5, 0.6) is 0 Å². The maximum absolute atomic E-state index is 2.28. The van der Waals surface area contributed by atoms with Crippen molar-refractivity contribution in [3.05, 3.63) is 22.3 Å². The van der Waals surface area contributed by atoms with Gasteiger partial charge < -0.3 is 0 Å². The first-order valence-corrected chi connectivity index (χ1v) is 6.32. The molecule has 0 amide bonds. The molecule has 0 unspecified atom stereocenters. The fraction of sp³-hybridized carbons (Fsp3) is 0.667. The van der Waals surface area contributed by atoms with Crippen LogP contribution in [0.4, 0.5) is 0 Å². The second kappa shape index (κ2) is 9.24. The van der Waals surface area contributed by atoms with Crippen LogP contribution in [-0.4, -0.2) is 22.0 Å².